The minimum atomic E-state index is 0.0747. The predicted octanol–water partition coefficient (Wildman–Crippen LogP) is 2.69. The number of aromatic amines is 1. The molecular formula is C23H30N6O. The molecular weight excluding hydrogens is 376 g/mol. The number of fused-ring (bicyclic) bond motifs is 1. The number of anilines is 1. The Kier molecular flexibility index (Phi) is 5.99. The molecule has 1 aromatic carbocycles. The van der Waals surface area contributed by atoms with Gasteiger partial charge < -0.3 is 20.1 Å². The molecule has 7 nitrogen and oxygen atoms in total. The molecule has 0 unspecified atom stereocenters. The highest BCUT2D eigenvalue weighted by Crippen LogP contribution is 2.23. The quantitative estimate of drug-likeness (QED) is 0.658. The van der Waals surface area contributed by atoms with Crippen LogP contribution in [0, 0.1) is 0 Å². The topological polar surface area (TPSA) is 77.2 Å². The summed E-state index contributed by atoms with van der Waals surface area (Å²) in [6.45, 7) is 2.44. The van der Waals surface area contributed by atoms with Crippen molar-refractivity contribution in [3.63, 3.8) is 0 Å². The van der Waals surface area contributed by atoms with Crippen molar-refractivity contribution in [2.24, 2.45) is 0 Å². The first kappa shape index (κ1) is 20.3. The molecule has 0 saturated carbocycles. The first-order chi connectivity index (χ1) is 14.5. The Balaban J connectivity index is 1.50. The van der Waals surface area contributed by atoms with E-state index in [4.69, 9.17) is 9.97 Å². The van der Waals surface area contributed by atoms with E-state index in [-0.39, 0.29) is 5.91 Å². The zero-order valence-corrected chi connectivity index (χ0v) is 18.0. The van der Waals surface area contributed by atoms with Gasteiger partial charge in [0.25, 0.3) is 0 Å². The van der Waals surface area contributed by atoms with Crippen LogP contribution in [0.3, 0.4) is 0 Å². The molecule has 0 bridgehead atoms. The number of rotatable bonds is 6. The number of H-pyrrole nitrogens is 1. The molecule has 1 saturated heterocycles. The zero-order valence-electron chi connectivity index (χ0n) is 18.0. The number of benzene rings is 1. The van der Waals surface area contributed by atoms with Crippen molar-refractivity contribution < 1.29 is 4.79 Å². The molecule has 158 valence electrons. The molecule has 1 atom stereocenters. The van der Waals surface area contributed by atoms with Gasteiger partial charge in [-0.25, -0.2) is 9.97 Å². The Morgan fingerprint density at radius 3 is 2.80 bits per heavy atom. The summed E-state index contributed by atoms with van der Waals surface area (Å²) in [6.07, 6.45) is 4.53. The van der Waals surface area contributed by atoms with Gasteiger partial charge in [-0.1, -0.05) is 18.2 Å². The summed E-state index contributed by atoms with van der Waals surface area (Å²) in [5.74, 6) is 2.16. The lowest BCUT2D eigenvalue weighted by Gasteiger charge is -2.24. The minimum Gasteiger partial charge on any atom is -0.363 e. The van der Waals surface area contributed by atoms with Crippen molar-refractivity contribution in [2.45, 2.75) is 31.7 Å². The average molecular weight is 407 g/mol. The van der Waals surface area contributed by atoms with Crippen molar-refractivity contribution in [3.05, 3.63) is 53.6 Å². The lowest BCUT2D eigenvalue weighted by molar-refractivity contribution is -0.129. The van der Waals surface area contributed by atoms with Gasteiger partial charge >= 0.3 is 0 Å². The van der Waals surface area contributed by atoms with E-state index < -0.39 is 0 Å². The SMILES string of the molecule is CN(Cc1cc(N(C)C)nc([C@H]2CCCNC2)n1)C(=O)Cc1c[nH]c2ccccc12. The molecule has 0 spiro atoms. The van der Waals surface area contributed by atoms with Gasteiger partial charge in [0.1, 0.15) is 11.6 Å². The van der Waals surface area contributed by atoms with Gasteiger partial charge in [0.2, 0.25) is 5.91 Å². The number of hydrogen-bond donors (Lipinski definition) is 2. The maximum Gasteiger partial charge on any atom is 0.227 e. The number of nitrogens with zero attached hydrogens (tertiary/aromatic N) is 4. The van der Waals surface area contributed by atoms with Gasteiger partial charge in [0.15, 0.2) is 0 Å². The normalized spacial score (nSPS) is 16.6. The molecule has 2 aromatic heterocycles. The first-order valence-corrected chi connectivity index (χ1v) is 10.6. The van der Waals surface area contributed by atoms with Crippen LogP contribution in [-0.2, 0) is 17.8 Å². The lowest BCUT2D eigenvalue weighted by Crippen LogP contribution is -2.31. The Bertz CT molecular complexity index is 1020. The van der Waals surface area contributed by atoms with Crippen LogP contribution in [0.15, 0.2) is 36.5 Å². The molecule has 7 heteroatoms. The highest BCUT2D eigenvalue weighted by molar-refractivity contribution is 5.88. The van der Waals surface area contributed by atoms with E-state index in [9.17, 15) is 4.79 Å². The van der Waals surface area contributed by atoms with Crippen molar-refractivity contribution in [2.75, 3.05) is 39.1 Å². The molecule has 1 aliphatic rings. The molecule has 0 aliphatic carbocycles. The Morgan fingerprint density at radius 2 is 2.03 bits per heavy atom. The monoisotopic (exact) mass is 406 g/mol. The molecule has 0 radical (unpaired) electrons. The summed E-state index contributed by atoms with van der Waals surface area (Å²) < 4.78 is 0. The number of aromatic nitrogens is 3. The van der Waals surface area contributed by atoms with Crippen molar-refractivity contribution in [3.8, 4) is 0 Å². The van der Waals surface area contributed by atoms with Crippen LogP contribution in [-0.4, -0.2) is 60.0 Å². The van der Waals surface area contributed by atoms with Gasteiger partial charge in [0, 0.05) is 56.8 Å². The smallest absolute Gasteiger partial charge is 0.227 e. The fraction of sp³-hybridized carbons (Fsp3) is 0.435. The van der Waals surface area contributed by atoms with Crippen molar-refractivity contribution in [1.82, 2.24) is 25.2 Å². The number of para-hydroxylation sites is 1. The number of piperidine rings is 1. The standard InChI is InChI=1S/C23H30N6O/c1-28(2)21-12-18(26-23(27-21)16-7-6-10-24-13-16)15-29(3)22(30)11-17-14-25-20-9-5-4-8-19(17)20/h4-5,8-9,12,14,16,24-25H,6-7,10-11,13,15H2,1-3H3/t16-/m0/s1. The number of likely N-dealkylation sites (N-methyl/N-ethyl adjacent to an activating group) is 1. The molecule has 4 rings (SSSR count). The molecule has 3 heterocycles. The number of nitrogens with one attached hydrogen (secondary N) is 2. The van der Waals surface area contributed by atoms with Crippen LogP contribution in [0.5, 0.6) is 0 Å². The third-order valence-corrected chi connectivity index (χ3v) is 5.74. The Hall–Kier alpha value is -2.93. The minimum absolute atomic E-state index is 0.0747. The third kappa shape index (κ3) is 4.46. The maximum absolute atomic E-state index is 12.9. The molecule has 1 fully saturated rings. The maximum atomic E-state index is 12.9. The van der Waals surface area contributed by atoms with Gasteiger partial charge in [-0.15, -0.1) is 0 Å². The van der Waals surface area contributed by atoms with Crippen molar-refractivity contribution in [1.29, 1.82) is 0 Å². The second-order valence-electron chi connectivity index (χ2n) is 8.30. The molecule has 3 aromatic rings. The summed E-state index contributed by atoms with van der Waals surface area (Å²) in [7, 11) is 5.82. The van der Waals surface area contributed by atoms with E-state index in [0.717, 1.165) is 59.7 Å². The van der Waals surface area contributed by atoms with Crippen LogP contribution in [0.2, 0.25) is 0 Å². The highest BCUT2D eigenvalue weighted by Gasteiger charge is 2.21. The zero-order chi connectivity index (χ0) is 21.1. The van der Waals surface area contributed by atoms with Crippen LogP contribution in [0.1, 0.15) is 35.8 Å². The van der Waals surface area contributed by atoms with Crippen molar-refractivity contribution >= 4 is 22.6 Å². The van der Waals surface area contributed by atoms with Gasteiger partial charge in [-0.05, 0) is 31.0 Å². The van der Waals surface area contributed by atoms with Crippen LogP contribution >= 0.6 is 0 Å². The Labute approximate surface area is 177 Å². The predicted molar refractivity (Wildman–Crippen MR) is 120 cm³/mol. The number of amides is 1. The number of hydrogen-bond acceptors (Lipinski definition) is 5. The number of carbonyl (C=O) groups is 1. The number of carbonyl (C=O) groups excluding carboxylic acids is 1. The molecule has 1 amide bonds. The van der Waals surface area contributed by atoms with E-state index in [2.05, 4.69) is 10.3 Å². The summed E-state index contributed by atoms with van der Waals surface area (Å²) in [5.41, 5.74) is 2.96. The lowest BCUT2D eigenvalue weighted by atomic mass is 9.99. The van der Waals surface area contributed by atoms with Gasteiger partial charge in [0.05, 0.1) is 18.7 Å². The van der Waals surface area contributed by atoms with Crippen LogP contribution in [0.25, 0.3) is 10.9 Å². The summed E-state index contributed by atoms with van der Waals surface area (Å²) >= 11 is 0. The van der Waals surface area contributed by atoms with Gasteiger partial charge in [-0.3, -0.25) is 4.79 Å². The van der Waals surface area contributed by atoms with Crippen LogP contribution in [0.4, 0.5) is 5.82 Å². The molecule has 2 N–H and O–H groups in total. The van der Waals surface area contributed by atoms with E-state index in [1.165, 1.54) is 0 Å². The van der Waals surface area contributed by atoms with E-state index >= 15 is 0 Å². The summed E-state index contributed by atoms with van der Waals surface area (Å²) in [4.78, 5) is 29.5. The molecule has 1 aliphatic heterocycles. The second kappa shape index (κ2) is 8.83. The molecule has 30 heavy (non-hydrogen) atoms. The summed E-state index contributed by atoms with van der Waals surface area (Å²) in [5, 5.41) is 4.54. The first-order valence-electron chi connectivity index (χ1n) is 10.6. The largest absolute Gasteiger partial charge is 0.363 e. The third-order valence-electron chi connectivity index (χ3n) is 5.74. The second-order valence-corrected chi connectivity index (χ2v) is 8.30. The van der Waals surface area contributed by atoms with E-state index in [0.29, 0.717) is 18.9 Å². The van der Waals surface area contributed by atoms with E-state index in [1.807, 2.05) is 62.6 Å². The van der Waals surface area contributed by atoms with Crippen LogP contribution < -0.4 is 10.2 Å². The fourth-order valence-corrected chi connectivity index (χ4v) is 3.97. The van der Waals surface area contributed by atoms with Gasteiger partial charge in [-0.2, -0.15) is 0 Å². The average Bonchev–Trinajstić information content (AvgIpc) is 3.17. The summed E-state index contributed by atoms with van der Waals surface area (Å²) in [6, 6.07) is 10.0. The van der Waals surface area contributed by atoms with E-state index in [1.54, 1.807) is 4.90 Å². The highest BCUT2D eigenvalue weighted by atomic mass is 16.2. The fourth-order valence-electron chi connectivity index (χ4n) is 3.97. The Morgan fingerprint density at radius 1 is 1.20 bits per heavy atom.